The van der Waals surface area contributed by atoms with Crippen LogP contribution in [0, 0.1) is 17.1 Å². The maximum Gasteiger partial charge on any atom is 0.123 e. The van der Waals surface area contributed by atoms with Crippen LogP contribution in [0.1, 0.15) is 22.7 Å². The molecule has 2 nitrogen and oxygen atoms in total. The summed E-state index contributed by atoms with van der Waals surface area (Å²) in [5.74, 6) is -0.221. The Balaban J connectivity index is 1.89. The zero-order chi connectivity index (χ0) is 12.5. The number of halogens is 1. The third-order valence-electron chi connectivity index (χ3n) is 3.26. The normalized spacial score (nSPS) is 16.8. The number of benzene rings is 2. The van der Waals surface area contributed by atoms with E-state index in [0.29, 0.717) is 5.56 Å². The smallest absolute Gasteiger partial charge is 0.123 e. The molecular weight excluding hydrogens is 227 g/mol. The maximum atomic E-state index is 12.9. The molecule has 2 aromatic carbocycles. The van der Waals surface area contributed by atoms with E-state index < -0.39 is 0 Å². The first-order chi connectivity index (χ1) is 8.76. The van der Waals surface area contributed by atoms with Gasteiger partial charge in [0, 0.05) is 5.69 Å². The van der Waals surface area contributed by atoms with Crippen LogP contribution < -0.4 is 5.32 Å². The molecule has 0 saturated heterocycles. The van der Waals surface area contributed by atoms with Crippen molar-refractivity contribution in [2.45, 2.75) is 12.5 Å². The Hall–Kier alpha value is -2.34. The van der Waals surface area contributed by atoms with Crippen molar-refractivity contribution in [1.82, 2.24) is 0 Å². The van der Waals surface area contributed by atoms with Gasteiger partial charge in [-0.05, 0) is 47.9 Å². The first-order valence-electron chi connectivity index (χ1n) is 5.81. The maximum absolute atomic E-state index is 12.9. The van der Waals surface area contributed by atoms with Gasteiger partial charge in [0.15, 0.2) is 0 Å². The quantitative estimate of drug-likeness (QED) is 0.826. The zero-order valence-electron chi connectivity index (χ0n) is 9.65. The summed E-state index contributed by atoms with van der Waals surface area (Å²) in [6.07, 6.45) is 0.830. The molecule has 0 aromatic heterocycles. The Morgan fingerprint density at radius 2 is 1.94 bits per heavy atom. The molecule has 2 aromatic rings. The minimum Gasteiger partial charge on any atom is -0.378 e. The first-order valence-corrected chi connectivity index (χ1v) is 5.81. The second kappa shape index (κ2) is 4.15. The molecule has 1 aliphatic rings. The van der Waals surface area contributed by atoms with Gasteiger partial charge in [0.1, 0.15) is 5.82 Å². The monoisotopic (exact) mass is 238 g/mol. The Morgan fingerprint density at radius 1 is 1.17 bits per heavy atom. The Bertz CT molecular complexity index is 626. The molecule has 88 valence electrons. The molecule has 18 heavy (non-hydrogen) atoms. The topological polar surface area (TPSA) is 35.8 Å². The molecule has 0 aliphatic carbocycles. The fourth-order valence-corrected chi connectivity index (χ4v) is 2.33. The van der Waals surface area contributed by atoms with Crippen molar-refractivity contribution in [2.24, 2.45) is 0 Å². The summed E-state index contributed by atoms with van der Waals surface area (Å²) in [7, 11) is 0. The lowest BCUT2D eigenvalue weighted by molar-refractivity contribution is 0.626. The number of nitrogens with one attached hydrogen (secondary N) is 1. The van der Waals surface area contributed by atoms with Crippen molar-refractivity contribution in [3.8, 4) is 6.07 Å². The minimum absolute atomic E-state index is 0.162. The van der Waals surface area contributed by atoms with Crippen LogP contribution in [0.5, 0.6) is 0 Å². The van der Waals surface area contributed by atoms with Crippen LogP contribution in [0.3, 0.4) is 0 Å². The van der Waals surface area contributed by atoms with Gasteiger partial charge in [0.2, 0.25) is 0 Å². The van der Waals surface area contributed by atoms with Crippen molar-refractivity contribution in [3.63, 3.8) is 0 Å². The molecule has 1 N–H and O–H groups in total. The molecule has 1 unspecified atom stereocenters. The summed E-state index contributed by atoms with van der Waals surface area (Å²) in [5.41, 5.74) is 3.94. The van der Waals surface area contributed by atoms with Crippen LogP contribution in [0.2, 0.25) is 0 Å². The summed E-state index contributed by atoms with van der Waals surface area (Å²) < 4.78 is 12.9. The van der Waals surface area contributed by atoms with Crippen molar-refractivity contribution in [2.75, 3.05) is 5.32 Å². The second-order valence-electron chi connectivity index (χ2n) is 4.44. The minimum atomic E-state index is -0.221. The highest BCUT2D eigenvalue weighted by molar-refractivity contribution is 5.60. The van der Waals surface area contributed by atoms with Crippen LogP contribution in [0.4, 0.5) is 10.1 Å². The zero-order valence-corrected chi connectivity index (χ0v) is 9.65. The molecule has 0 amide bonds. The Labute approximate surface area is 105 Å². The van der Waals surface area contributed by atoms with E-state index in [-0.39, 0.29) is 11.9 Å². The van der Waals surface area contributed by atoms with Gasteiger partial charge in [-0.3, -0.25) is 0 Å². The van der Waals surface area contributed by atoms with E-state index in [1.54, 1.807) is 18.2 Å². The predicted octanol–water partition coefficient (Wildman–Crippen LogP) is 3.41. The Morgan fingerprint density at radius 3 is 2.67 bits per heavy atom. The number of hydrogen-bond donors (Lipinski definition) is 1. The fraction of sp³-hybridized carbons (Fsp3) is 0.133. The molecule has 3 heteroatoms. The van der Waals surface area contributed by atoms with Gasteiger partial charge in [0.05, 0.1) is 17.7 Å². The highest BCUT2D eigenvalue weighted by Crippen LogP contribution is 2.34. The molecule has 0 bridgehead atoms. The summed E-state index contributed by atoms with van der Waals surface area (Å²) in [6, 6.07) is 14.5. The number of rotatable bonds is 1. The number of fused-ring (bicyclic) bond motifs is 1. The van der Waals surface area contributed by atoms with Gasteiger partial charge >= 0.3 is 0 Å². The SMILES string of the molecule is N#Cc1ccc2c(c1)CC(c1ccc(F)cc1)N2. The second-order valence-corrected chi connectivity index (χ2v) is 4.44. The van der Waals surface area contributed by atoms with Crippen molar-refractivity contribution < 1.29 is 4.39 Å². The highest BCUT2D eigenvalue weighted by atomic mass is 19.1. The standard InChI is InChI=1S/C15H11FN2/c16-13-4-2-11(3-5-13)15-8-12-7-10(9-17)1-6-14(12)18-15/h1-7,15,18H,8H2. The van der Waals surface area contributed by atoms with E-state index in [0.717, 1.165) is 23.2 Å². The van der Waals surface area contributed by atoms with Crippen molar-refractivity contribution >= 4 is 5.69 Å². The first kappa shape index (κ1) is 10.8. The summed E-state index contributed by atoms with van der Waals surface area (Å²) >= 11 is 0. The molecular formula is C15H11FN2. The molecule has 1 heterocycles. The van der Waals surface area contributed by atoms with Gasteiger partial charge in [0.25, 0.3) is 0 Å². The van der Waals surface area contributed by atoms with Crippen molar-refractivity contribution in [1.29, 1.82) is 5.26 Å². The third kappa shape index (κ3) is 1.82. The number of anilines is 1. The lowest BCUT2D eigenvalue weighted by atomic mass is 10.0. The molecule has 0 fully saturated rings. The van der Waals surface area contributed by atoms with Crippen LogP contribution >= 0.6 is 0 Å². The molecule has 1 aliphatic heterocycles. The van der Waals surface area contributed by atoms with E-state index in [9.17, 15) is 4.39 Å². The van der Waals surface area contributed by atoms with E-state index >= 15 is 0 Å². The molecule has 1 atom stereocenters. The molecule has 0 spiro atoms. The van der Waals surface area contributed by atoms with Crippen LogP contribution in [-0.2, 0) is 6.42 Å². The average Bonchev–Trinajstić information content (AvgIpc) is 2.82. The van der Waals surface area contributed by atoms with Gasteiger partial charge in [-0.15, -0.1) is 0 Å². The average molecular weight is 238 g/mol. The summed E-state index contributed by atoms with van der Waals surface area (Å²) in [4.78, 5) is 0. The summed E-state index contributed by atoms with van der Waals surface area (Å²) in [5, 5.41) is 12.3. The van der Waals surface area contributed by atoms with E-state index in [1.165, 1.54) is 12.1 Å². The van der Waals surface area contributed by atoms with Crippen LogP contribution in [0.25, 0.3) is 0 Å². The number of nitriles is 1. The van der Waals surface area contributed by atoms with Gasteiger partial charge in [-0.25, -0.2) is 4.39 Å². The van der Waals surface area contributed by atoms with E-state index in [4.69, 9.17) is 5.26 Å². The molecule has 0 saturated carbocycles. The highest BCUT2D eigenvalue weighted by Gasteiger charge is 2.22. The van der Waals surface area contributed by atoms with Gasteiger partial charge < -0.3 is 5.32 Å². The fourth-order valence-electron chi connectivity index (χ4n) is 2.33. The third-order valence-corrected chi connectivity index (χ3v) is 3.26. The van der Waals surface area contributed by atoms with E-state index in [1.807, 2.05) is 12.1 Å². The van der Waals surface area contributed by atoms with E-state index in [2.05, 4.69) is 11.4 Å². The number of nitrogens with zero attached hydrogens (tertiary/aromatic N) is 1. The van der Waals surface area contributed by atoms with Crippen molar-refractivity contribution in [3.05, 3.63) is 65.0 Å². The van der Waals surface area contributed by atoms with Crippen LogP contribution in [0.15, 0.2) is 42.5 Å². The Kier molecular flexibility index (Phi) is 2.49. The number of hydrogen-bond acceptors (Lipinski definition) is 2. The molecule has 0 radical (unpaired) electrons. The molecule has 3 rings (SSSR count). The lowest BCUT2D eigenvalue weighted by Gasteiger charge is -2.11. The lowest BCUT2D eigenvalue weighted by Crippen LogP contribution is -2.05. The van der Waals surface area contributed by atoms with Gasteiger partial charge in [-0.1, -0.05) is 12.1 Å². The van der Waals surface area contributed by atoms with Gasteiger partial charge in [-0.2, -0.15) is 5.26 Å². The predicted molar refractivity (Wildman–Crippen MR) is 67.6 cm³/mol. The van der Waals surface area contributed by atoms with Crippen LogP contribution in [-0.4, -0.2) is 0 Å². The summed E-state index contributed by atoms with van der Waals surface area (Å²) in [6.45, 7) is 0. The largest absolute Gasteiger partial charge is 0.378 e.